The second kappa shape index (κ2) is 12.3. The molecule has 0 saturated carbocycles. The largest absolute Gasteiger partial charge is 0.493 e. The lowest BCUT2D eigenvalue weighted by atomic mass is 10.1. The zero-order chi connectivity index (χ0) is 19.9. The van der Waals surface area contributed by atoms with Crippen LogP contribution in [-0.4, -0.2) is 63.4 Å². The topological polar surface area (TPSA) is 85.5 Å². The van der Waals surface area contributed by atoms with Crippen molar-refractivity contribution in [2.45, 2.75) is 13.3 Å². The zero-order valence-electron chi connectivity index (χ0n) is 17.8. The molecular weight excluding hydrogens is 406 g/mol. The fraction of sp³-hybridized carbons (Fsp3) is 0.409. The van der Waals surface area contributed by atoms with Crippen molar-refractivity contribution in [3.8, 4) is 11.5 Å². The Labute approximate surface area is 184 Å². The summed E-state index contributed by atoms with van der Waals surface area (Å²) in [5, 5.41) is 2.44. The number of rotatable bonds is 6. The predicted molar refractivity (Wildman–Crippen MR) is 122 cm³/mol. The van der Waals surface area contributed by atoms with Gasteiger partial charge in [0.2, 0.25) is 0 Å². The maximum atomic E-state index is 11.4. The lowest BCUT2D eigenvalue weighted by Crippen LogP contribution is -2.47. The van der Waals surface area contributed by atoms with Crippen LogP contribution in [0.1, 0.15) is 11.1 Å². The van der Waals surface area contributed by atoms with E-state index in [0.29, 0.717) is 11.5 Å². The third-order valence-electron chi connectivity index (χ3n) is 5.18. The summed E-state index contributed by atoms with van der Waals surface area (Å²) in [6.07, 6.45) is 0.429. The van der Waals surface area contributed by atoms with Gasteiger partial charge in [-0.3, -0.25) is 4.90 Å². The molecule has 2 aromatic carbocycles. The fourth-order valence-corrected chi connectivity index (χ4v) is 3.52. The van der Waals surface area contributed by atoms with Crippen LogP contribution in [0.25, 0.3) is 0 Å². The van der Waals surface area contributed by atoms with Gasteiger partial charge in [-0.05, 0) is 42.7 Å². The molecule has 0 atom stereocenters. The monoisotopic (exact) mass is 437 g/mol. The van der Waals surface area contributed by atoms with Crippen LogP contribution in [0.3, 0.4) is 0 Å². The molecule has 1 aliphatic heterocycles. The van der Waals surface area contributed by atoms with Crippen LogP contribution in [0.5, 0.6) is 11.5 Å². The average Bonchev–Trinajstić information content (AvgIpc) is 2.73. The SMILES string of the molecule is CNC(=O)Oc1ccc(CCN2CCN(c3ccccc3C)CC2)cc1OC.Cl.O. The molecule has 0 aliphatic carbocycles. The molecule has 8 heteroatoms. The molecule has 1 saturated heterocycles. The van der Waals surface area contributed by atoms with Gasteiger partial charge >= 0.3 is 6.09 Å². The molecule has 1 aliphatic rings. The third-order valence-corrected chi connectivity index (χ3v) is 5.18. The highest BCUT2D eigenvalue weighted by Gasteiger charge is 2.18. The first-order valence-corrected chi connectivity index (χ1v) is 9.70. The Morgan fingerprint density at radius 3 is 2.40 bits per heavy atom. The first-order chi connectivity index (χ1) is 13.6. The Morgan fingerprint density at radius 1 is 1.07 bits per heavy atom. The molecule has 2 aromatic rings. The van der Waals surface area contributed by atoms with E-state index in [1.165, 1.54) is 23.9 Å². The number of aryl methyl sites for hydroxylation is 1. The Kier molecular flexibility index (Phi) is 10.5. The Bertz CT molecular complexity index is 811. The van der Waals surface area contributed by atoms with E-state index in [4.69, 9.17) is 9.47 Å². The van der Waals surface area contributed by atoms with Crippen molar-refractivity contribution in [2.75, 3.05) is 51.8 Å². The Morgan fingerprint density at radius 2 is 1.77 bits per heavy atom. The molecule has 0 spiro atoms. The minimum Gasteiger partial charge on any atom is -0.493 e. The number of hydrogen-bond donors (Lipinski definition) is 1. The van der Waals surface area contributed by atoms with Gasteiger partial charge < -0.3 is 25.2 Å². The molecule has 3 rings (SSSR count). The number of para-hydroxylation sites is 1. The normalized spacial score (nSPS) is 13.6. The van der Waals surface area contributed by atoms with E-state index in [0.717, 1.165) is 39.1 Å². The standard InChI is InChI=1S/C22H29N3O3.ClH.H2O/c1-17-6-4-5-7-19(17)25-14-12-24(13-15-25)11-10-18-8-9-20(21(16-18)27-3)28-22(26)23-2;;/h4-9,16H,10-15H2,1-3H3,(H,23,26);1H;1H2. The van der Waals surface area contributed by atoms with E-state index in [9.17, 15) is 4.79 Å². The van der Waals surface area contributed by atoms with Gasteiger partial charge in [0.05, 0.1) is 7.11 Å². The van der Waals surface area contributed by atoms with Gasteiger partial charge in [-0.15, -0.1) is 12.4 Å². The zero-order valence-corrected chi connectivity index (χ0v) is 18.6. The molecule has 3 N–H and O–H groups in total. The molecule has 166 valence electrons. The summed E-state index contributed by atoms with van der Waals surface area (Å²) in [6.45, 7) is 7.39. The Balaban J connectivity index is 0.00000225. The molecular formula is C22H32ClN3O4. The van der Waals surface area contributed by atoms with Crippen LogP contribution in [0.15, 0.2) is 42.5 Å². The van der Waals surface area contributed by atoms with Gasteiger partial charge in [0.25, 0.3) is 0 Å². The molecule has 0 unspecified atom stereocenters. The smallest absolute Gasteiger partial charge is 0.412 e. The summed E-state index contributed by atoms with van der Waals surface area (Å²) in [5.41, 5.74) is 3.85. The number of ether oxygens (including phenoxy) is 2. The van der Waals surface area contributed by atoms with E-state index in [1.54, 1.807) is 13.2 Å². The second-order valence-corrected chi connectivity index (χ2v) is 6.99. The lowest BCUT2D eigenvalue weighted by Gasteiger charge is -2.36. The van der Waals surface area contributed by atoms with Crippen LogP contribution in [0.4, 0.5) is 10.5 Å². The van der Waals surface area contributed by atoms with Crippen molar-refractivity contribution in [1.29, 1.82) is 0 Å². The average molecular weight is 438 g/mol. The van der Waals surface area contributed by atoms with Crippen LogP contribution >= 0.6 is 12.4 Å². The van der Waals surface area contributed by atoms with Gasteiger partial charge in [-0.25, -0.2) is 4.79 Å². The molecule has 1 fully saturated rings. The third kappa shape index (κ3) is 6.52. The number of nitrogens with one attached hydrogen (secondary N) is 1. The van der Waals surface area contributed by atoms with E-state index < -0.39 is 6.09 Å². The fourth-order valence-electron chi connectivity index (χ4n) is 3.52. The minimum atomic E-state index is -0.502. The maximum absolute atomic E-state index is 11.4. The van der Waals surface area contributed by atoms with Crippen molar-refractivity contribution < 1.29 is 19.7 Å². The first-order valence-electron chi connectivity index (χ1n) is 9.70. The van der Waals surface area contributed by atoms with Crippen molar-refractivity contribution in [1.82, 2.24) is 10.2 Å². The van der Waals surface area contributed by atoms with Gasteiger partial charge in [0.1, 0.15) is 0 Å². The predicted octanol–water partition coefficient (Wildman–Crippen LogP) is 2.68. The number of methoxy groups -OCH3 is 1. The van der Waals surface area contributed by atoms with Crippen molar-refractivity contribution in [3.05, 3.63) is 53.6 Å². The summed E-state index contributed by atoms with van der Waals surface area (Å²) in [6, 6.07) is 14.3. The van der Waals surface area contributed by atoms with E-state index in [-0.39, 0.29) is 17.9 Å². The first kappa shape index (κ1) is 25.6. The molecule has 0 aromatic heterocycles. The number of piperazine rings is 1. The highest BCUT2D eigenvalue weighted by Crippen LogP contribution is 2.28. The summed E-state index contributed by atoms with van der Waals surface area (Å²) in [5.74, 6) is 1.00. The number of benzene rings is 2. The van der Waals surface area contributed by atoms with Gasteiger partial charge in [0, 0.05) is 45.5 Å². The highest BCUT2D eigenvalue weighted by molar-refractivity contribution is 5.85. The van der Waals surface area contributed by atoms with E-state index in [1.807, 2.05) is 12.1 Å². The van der Waals surface area contributed by atoms with E-state index >= 15 is 0 Å². The summed E-state index contributed by atoms with van der Waals surface area (Å²) >= 11 is 0. The molecule has 7 nitrogen and oxygen atoms in total. The second-order valence-electron chi connectivity index (χ2n) is 6.99. The number of carbonyl (C=O) groups excluding carboxylic acids is 1. The number of nitrogens with zero attached hydrogens (tertiary/aromatic N) is 2. The lowest BCUT2D eigenvalue weighted by molar-refractivity contribution is 0.201. The van der Waals surface area contributed by atoms with Gasteiger partial charge in [0.15, 0.2) is 11.5 Å². The van der Waals surface area contributed by atoms with Crippen LogP contribution in [0, 0.1) is 6.92 Å². The summed E-state index contributed by atoms with van der Waals surface area (Å²) in [7, 11) is 3.11. The van der Waals surface area contributed by atoms with Crippen molar-refractivity contribution in [3.63, 3.8) is 0 Å². The van der Waals surface area contributed by atoms with Gasteiger partial charge in [-0.1, -0.05) is 24.3 Å². The summed E-state index contributed by atoms with van der Waals surface area (Å²) in [4.78, 5) is 16.4. The quantitative estimate of drug-likeness (QED) is 0.750. The molecule has 0 bridgehead atoms. The number of hydrogen-bond acceptors (Lipinski definition) is 5. The number of amides is 1. The Hall–Kier alpha value is -2.48. The van der Waals surface area contributed by atoms with Crippen LogP contribution in [-0.2, 0) is 6.42 Å². The van der Waals surface area contributed by atoms with Crippen molar-refractivity contribution in [2.24, 2.45) is 0 Å². The van der Waals surface area contributed by atoms with E-state index in [2.05, 4.69) is 46.3 Å². The number of halogens is 1. The molecule has 1 amide bonds. The highest BCUT2D eigenvalue weighted by atomic mass is 35.5. The minimum absolute atomic E-state index is 0. The van der Waals surface area contributed by atoms with Crippen LogP contribution in [0.2, 0.25) is 0 Å². The van der Waals surface area contributed by atoms with Crippen molar-refractivity contribution >= 4 is 24.2 Å². The van der Waals surface area contributed by atoms with Gasteiger partial charge in [-0.2, -0.15) is 0 Å². The summed E-state index contributed by atoms with van der Waals surface area (Å²) < 4.78 is 10.6. The molecule has 0 radical (unpaired) electrons. The number of carbonyl (C=O) groups is 1. The number of anilines is 1. The molecule has 30 heavy (non-hydrogen) atoms. The van der Waals surface area contributed by atoms with Crippen LogP contribution < -0.4 is 19.7 Å². The maximum Gasteiger partial charge on any atom is 0.412 e. The molecule has 1 heterocycles.